The molecular formula is C14H18ClN3O2S. The molecule has 0 aliphatic rings. The first-order valence-corrected chi connectivity index (χ1v) is 7.93. The van der Waals surface area contributed by atoms with Gasteiger partial charge in [0.05, 0.1) is 12.4 Å². The van der Waals surface area contributed by atoms with Gasteiger partial charge < -0.3 is 14.6 Å². The van der Waals surface area contributed by atoms with Gasteiger partial charge in [-0.15, -0.1) is 11.8 Å². The van der Waals surface area contributed by atoms with Crippen molar-refractivity contribution in [2.75, 3.05) is 20.8 Å². The summed E-state index contributed by atoms with van der Waals surface area (Å²) in [6.45, 7) is 0.605. The monoisotopic (exact) mass is 327 g/mol. The van der Waals surface area contributed by atoms with E-state index in [0.717, 1.165) is 9.92 Å². The van der Waals surface area contributed by atoms with E-state index in [4.69, 9.17) is 20.9 Å². The smallest absolute Gasteiger partial charge is 0.228 e. The number of methoxy groups -OCH3 is 1. The molecule has 1 atom stereocenters. The number of nitrogens with zero attached hydrogens (tertiary/aromatic N) is 2. The summed E-state index contributed by atoms with van der Waals surface area (Å²) in [5, 5.41) is 7.88. The minimum absolute atomic E-state index is 0.173. The van der Waals surface area contributed by atoms with Crippen LogP contribution in [0.3, 0.4) is 0 Å². The number of ether oxygens (including phenoxy) is 1. The van der Waals surface area contributed by atoms with Gasteiger partial charge in [-0.1, -0.05) is 16.8 Å². The summed E-state index contributed by atoms with van der Waals surface area (Å²) in [5.74, 6) is 1.98. The van der Waals surface area contributed by atoms with E-state index in [9.17, 15) is 0 Å². The first-order valence-electron chi connectivity index (χ1n) is 6.57. The lowest BCUT2D eigenvalue weighted by Crippen LogP contribution is -2.32. The molecule has 0 fully saturated rings. The van der Waals surface area contributed by atoms with Gasteiger partial charge in [0, 0.05) is 29.5 Å². The third-order valence-electron chi connectivity index (χ3n) is 2.89. The molecule has 1 aromatic heterocycles. The van der Waals surface area contributed by atoms with Crippen LogP contribution in [0.15, 0.2) is 33.7 Å². The van der Waals surface area contributed by atoms with E-state index < -0.39 is 0 Å². The molecular weight excluding hydrogens is 310 g/mol. The Morgan fingerprint density at radius 1 is 1.38 bits per heavy atom. The lowest BCUT2D eigenvalue weighted by molar-refractivity contribution is 0.165. The molecule has 1 N–H and O–H groups in total. The van der Waals surface area contributed by atoms with Crippen LogP contribution in [0.4, 0.5) is 0 Å². The van der Waals surface area contributed by atoms with Crippen LogP contribution in [-0.2, 0) is 16.9 Å². The van der Waals surface area contributed by atoms with Crippen molar-refractivity contribution in [2.24, 2.45) is 0 Å². The Morgan fingerprint density at radius 3 is 2.81 bits per heavy atom. The second kappa shape index (κ2) is 8.38. The van der Waals surface area contributed by atoms with Gasteiger partial charge in [0.1, 0.15) is 0 Å². The fourth-order valence-electron chi connectivity index (χ4n) is 1.77. The van der Waals surface area contributed by atoms with Crippen molar-refractivity contribution in [1.29, 1.82) is 0 Å². The van der Waals surface area contributed by atoms with E-state index in [1.807, 2.05) is 31.3 Å². The molecule has 114 valence electrons. The van der Waals surface area contributed by atoms with Crippen molar-refractivity contribution in [2.45, 2.75) is 23.1 Å². The molecule has 1 heterocycles. The molecule has 0 bridgehead atoms. The maximum absolute atomic E-state index is 5.85. The third-order valence-corrected chi connectivity index (χ3v) is 4.15. The van der Waals surface area contributed by atoms with Gasteiger partial charge in [0.15, 0.2) is 5.82 Å². The Labute approximate surface area is 133 Å². The Balaban J connectivity index is 1.86. The average Bonchev–Trinajstić information content (AvgIpc) is 2.94. The molecule has 0 aliphatic carbocycles. The van der Waals surface area contributed by atoms with Gasteiger partial charge in [-0.2, -0.15) is 4.98 Å². The molecule has 5 nitrogen and oxygen atoms in total. The molecule has 0 saturated heterocycles. The van der Waals surface area contributed by atoms with Crippen LogP contribution < -0.4 is 5.32 Å². The Hall–Kier alpha value is -1.08. The molecule has 0 radical (unpaired) electrons. The van der Waals surface area contributed by atoms with E-state index in [1.165, 1.54) is 0 Å². The second-order valence-electron chi connectivity index (χ2n) is 4.49. The summed E-state index contributed by atoms with van der Waals surface area (Å²) in [4.78, 5) is 5.52. The molecule has 0 aliphatic heterocycles. The van der Waals surface area contributed by atoms with Crippen LogP contribution in [-0.4, -0.2) is 36.9 Å². The summed E-state index contributed by atoms with van der Waals surface area (Å²) in [6, 6.07) is 7.86. The number of rotatable bonds is 8. The van der Waals surface area contributed by atoms with Crippen LogP contribution in [0.5, 0.6) is 0 Å². The number of hydrogen-bond acceptors (Lipinski definition) is 6. The maximum atomic E-state index is 5.85. The Morgan fingerprint density at radius 2 is 2.14 bits per heavy atom. The van der Waals surface area contributed by atoms with Crippen molar-refractivity contribution in [3.8, 4) is 0 Å². The zero-order valence-corrected chi connectivity index (χ0v) is 13.6. The largest absolute Gasteiger partial charge is 0.383 e. The number of thioether (sulfide) groups is 1. The van der Waals surface area contributed by atoms with Gasteiger partial charge in [-0.25, -0.2) is 0 Å². The van der Waals surface area contributed by atoms with Gasteiger partial charge in [0.25, 0.3) is 0 Å². The minimum atomic E-state index is 0.173. The quantitative estimate of drug-likeness (QED) is 0.752. The van der Waals surface area contributed by atoms with Gasteiger partial charge in [0.2, 0.25) is 5.89 Å². The summed E-state index contributed by atoms with van der Waals surface area (Å²) >= 11 is 7.50. The summed E-state index contributed by atoms with van der Waals surface area (Å²) in [5.41, 5.74) is 0. The Kier molecular flexibility index (Phi) is 6.50. The summed E-state index contributed by atoms with van der Waals surface area (Å²) < 4.78 is 10.4. The fourth-order valence-corrected chi connectivity index (χ4v) is 2.63. The van der Waals surface area contributed by atoms with Crippen LogP contribution >= 0.6 is 23.4 Å². The van der Waals surface area contributed by atoms with E-state index in [-0.39, 0.29) is 6.04 Å². The highest BCUT2D eigenvalue weighted by molar-refractivity contribution is 7.98. The topological polar surface area (TPSA) is 60.2 Å². The first-order chi connectivity index (χ1) is 10.2. The summed E-state index contributed by atoms with van der Waals surface area (Å²) in [7, 11) is 3.56. The van der Waals surface area contributed by atoms with Crippen molar-refractivity contribution < 1.29 is 9.26 Å². The van der Waals surface area contributed by atoms with E-state index in [1.54, 1.807) is 18.9 Å². The lowest BCUT2D eigenvalue weighted by atomic mass is 10.2. The predicted molar refractivity (Wildman–Crippen MR) is 83.7 cm³/mol. The van der Waals surface area contributed by atoms with E-state index in [2.05, 4.69) is 15.5 Å². The number of hydrogen-bond donors (Lipinski definition) is 1. The number of aromatic nitrogens is 2. The average molecular weight is 328 g/mol. The van der Waals surface area contributed by atoms with Gasteiger partial charge in [-0.3, -0.25) is 0 Å². The van der Waals surface area contributed by atoms with Crippen molar-refractivity contribution in [3.05, 3.63) is 41.0 Å². The van der Waals surface area contributed by atoms with Crippen molar-refractivity contribution in [3.63, 3.8) is 0 Å². The lowest BCUT2D eigenvalue weighted by Gasteiger charge is -2.11. The molecule has 2 rings (SSSR count). The Bertz CT molecular complexity index is 547. The first kappa shape index (κ1) is 16.3. The number of likely N-dealkylation sites (N-methyl/N-ethyl adjacent to an activating group) is 1. The highest BCUT2D eigenvalue weighted by Gasteiger charge is 2.13. The zero-order chi connectivity index (χ0) is 15.1. The fraction of sp³-hybridized carbons (Fsp3) is 0.429. The maximum Gasteiger partial charge on any atom is 0.228 e. The molecule has 1 unspecified atom stereocenters. The standard InChI is InChI=1S/C14H18ClN3O2S/c1-16-11(8-19-2)7-14-17-13(18-20-14)9-21-12-5-3-10(15)4-6-12/h3-6,11,16H,7-9H2,1-2H3. The highest BCUT2D eigenvalue weighted by atomic mass is 35.5. The molecule has 2 aromatic rings. The molecule has 0 amide bonds. The SMILES string of the molecule is CNC(COC)Cc1nc(CSc2ccc(Cl)cc2)no1. The third kappa shape index (κ3) is 5.32. The van der Waals surface area contributed by atoms with E-state index >= 15 is 0 Å². The normalized spacial score (nSPS) is 12.5. The van der Waals surface area contributed by atoms with Crippen LogP contribution in [0.25, 0.3) is 0 Å². The second-order valence-corrected chi connectivity index (χ2v) is 5.98. The highest BCUT2D eigenvalue weighted by Crippen LogP contribution is 2.23. The number of benzene rings is 1. The van der Waals surface area contributed by atoms with Crippen molar-refractivity contribution in [1.82, 2.24) is 15.5 Å². The van der Waals surface area contributed by atoms with Crippen LogP contribution in [0.2, 0.25) is 5.02 Å². The molecule has 1 aromatic carbocycles. The minimum Gasteiger partial charge on any atom is -0.383 e. The predicted octanol–water partition coefficient (Wildman–Crippen LogP) is 2.79. The summed E-state index contributed by atoms with van der Waals surface area (Å²) in [6.07, 6.45) is 0.656. The number of nitrogens with one attached hydrogen (secondary N) is 1. The van der Waals surface area contributed by atoms with E-state index in [0.29, 0.717) is 30.5 Å². The van der Waals surface area contributed by atoms with Crippen LogP contribution in [0, 0.1) is 0 Å². The zero-order valence-electron chi connectivity index (χ0n) is 12.0. The molecule has 0 saturated carbocycles. The molecule has 7 heteroatoms. The van der Waals surface area contributed by atoms with Gasteiger partial charge >= 0.3 is 0 Å². The van der Waals surface area contributed by atoms with Crippen molar-refractivity contribution >= 4 is 23.4 Å². The van der Waals surface area contributed by atoms with Gasteiger partial charge in [-0.05, 0) is 31.3 Å². The number of halogens is 1. The molecule has 0 spiro atoms. The molecule has 21 heavy (non-hydrogen) atoms. The van der Waals surface area contributed by atoms with Crippen LogP contribution in [0.1, 0.15) is 11.7 Å².